The van der Waals surface area contributed by atoms with Gasteiger partial charge >= 0.3 is 5.97 Å². The fourth-order valence-corrected chi connectivity index (χ4v) is 1.23. The number of aliphatic hydroxyl groups is 1. The smallest absolute Gasteiger partial charge is 0.303 e. The third-order valence-electron chi connectivity index (χ3n) is 1.96. The van der Waals surface area contributed by atoms with Gasteiger partial charge in [0.15, 0.2) is 0 Å². The van der Waals surface area contributed by atoms with Crippen molar-refractivity contribution in [3.05, 3.63) is 35.4 Å². The zero-order chi connectivity index (χ0) is 11.4. The van der Waals surface area contributed by atoms with Gasteiger partial charge in [-0.1, -0.05) is 6.07 Å². The van der Waals surface area contributed by atoms with Gasteiger partial charge in [-0.25, -0.2) is 8.78 Å². The van der Waals surface area contributed by atoms with Crippen molar-refractivity contribution in [2.75, 3.05) is 0 Å². The molecule has 1 rings (SSSR count). The van der Waals surface area contributed by atoms with Crippen LogP contribution >= 0.6 is 0 Å². The summed E-state index contributed by atoms with van der Waals surface area (Å²) in [4.78, 5) is 10.2. The van der Waals surface area contributed by atoms with E-state index in [0.717, 1.165) is 12.1 Å². The first-order valence-electron chi connectivity index (χ1n) is 4.36. The molecule has 1 unspecified atom stereocenters. The van der Waals surface area contributed by atoms with Crippen LogP contribution in [0.4, 0.5) is 8.78 Å². The van der Waals surface area contributed by atoms with Gasteiger partial charge in [0.25, 0.3) is 0 Å². The van der Waals surface area contributed by atoms with Crippen molar-refractivity contribution in [3.63, 3.8) is 0 Å². The zero-order valence-corrected chi connectivity index (χ0v) is 7.78. The minimum absolute atomic E-state index is 0.215. The minimum Gasteiger partial charge on any atom is -0.481 e. The highest BCUT2D eigenvalue weighted by Crippen LogP contribution is 2.23. The minimum atomic E-state index is -1.43. The molecule has 0 bridgehead atoms. The van der Waals surface area contributed by atoms with E-state index in [1.165, 1.54) is 6.07 Å². The molecular formula is C10H10F2O3. The van der Waals surface area contributed by atoms with Crippen LogP contribution in [0, 0.1) is 11.6 Å². The molecule has 1 atom stereocenters. The number of carboxylic acid groups (broad SMARTS) is 1. The van der Waals surface area contributed by atoms with Crippen LogP contribution in [0.3, 0.4) is 0 Å². The lowest BCUT2D eigenvalue weighted by Gasteiger charge is -2.11. The molecule has 0 aliphatic rings. The summed E-state index contributed by atoms with van der Waals surface area (Å²) in [5, 5.41) is 17.7. The summed E-state index contributed by atoms with van der Waals surface area (Å²) in [6.45, 7) is 0. The van der Waals surface area contributed by atoms with Gasteiger partial charge in [0.1, 0.15) is 11.6 Å². The van der Waals surface area contributed by atoms with Gasteiger partial charge in [-0.05, 0) is 18.6 Å². The van der Waals surface area contributed by atoms with Gasteiger partial charge in [0, 0.05) is 6.42 Å². The van der Waals surface area contributed by atoms with E-state index in [9.17, 15) is 18.7 Å². The monoisotopic (exact) mass is 216 g/mol. The molecule has 15 heavy (non-hydrogen) atoms. The Morgan fingerprint density at radius 3 is 2.33 bits per heavy atom. The number of aliphatic carboxylic acids is 1. The van der Waals surface area contributed by atoms with Gasteiger partial charge in [-0.3, -0.25) is 4.79 Å². The highest BCUT2D eigenvalue weighted by Gasteiger charge is 2.18. The zero-order valence-electron chi connectivity index (χ0n) is 7.78. The third-order valence-corrected chi connectivity index (χ3v) is 1.96. The Morgan fingerprint density at radius 2 is 1.87 bits per heavy atom. The van der Waals surface area contributed by atoms with E-state index in [4.69, 9.17) is 5.11 Å². The van der Waals surface area contributed by atoms with Crippen LogP contribution in [0.1, 0.15) is 24.5 Å². The Hall–Kier alpha value is -1.49. The van der Waals surface area contributed by atoms with Gasteiger partial charge < -0.3 is 10.2 Å². The fourth-order valence-electron chi connectivity index (χ4n) is 1.23. The lowest BCUT2D eigenvalue weighted by atomic mass is 10.0. The van der Waals surface area contributed by atoms with E-state index in [1.54, 1.807) is 0 Å². The van der Waals surface area contributed by atoms with Crippen molar-refractivity contribution in [2.24, 2.45) is 0 Å². The summed E-state index contributed by atoms with van der Waals surface area (Å²) in [6, 6.07) is 3.21. The molecule has 3 nitrogen and oxygen atoms in total. The summed E-state index contributed by atoms with van der Waals surface area (Å²) in [5.74, 6) is -2.86. The van der Waals surface area contributed by atoms with Crippen LogP contribution in [0.25, 0.3) is 0 Å². The second-order valence-electron chi connectivity index (χ2n) is 3.08. The first kappa shape index (κ1) is 11.6. The van der Waals surface area contributed by atoms with E-state index in [-0.39, 0.29) is 12.8 Å². The highest BCUT2D eigenvalue weighted by atomic mass is 19.1. The highest BCUT2D eigenvalue weighted by molar-refractivity contribution is 5.66. The average Bonchev–Trinajstić information content (AvgIpc) is 2.14. The largest absolute Gasteiger partial charge is 0.481 e. The van der Waals surface area contributed by atoms with E-state index in [0.29, 0.717) is 0 Å². The molecule has 1 aromatic carbocycles. The summed E-state index contributed by atoms with van der Waals surface area (Å²) in [6.07, 6.45) is -1.98. The Balaban J connectivity index is 2.81. The number of halogens is 2. The molecule has 0 heterocycles. The Labute approximate surface area is 85.0 Å². The van der Waals surface area contributed by atoms with Gasteiger partial charge in [-0.2, -0.15) is 0 Å². The van der Waals surface area contributed by atoms with Crippen LogP contribution in [0.15, 0.2) is 18.2 Å². The molecule has 0 fully saturated rings. The van der Waals surface area contributed by atoms with Crippen molar-refractivity contribution >= 4 is 5.97 Å². The van der Waals surface area contributed by atoms with Crippen molar-refractivity contribution in [3.8, 4) is 0 Å². The standard InChI is InChI=1S/C10H10F2O3/c11-6-2-1-3-7(12)10(6)8(13)4-5-9(14)15/h1-3,8,13H,4-5H2,(H,14,15). The van der Waals surface area contributed by atoms with Gasteiger partial charge in [-0.15, -0.1) is 0 Å². The molecule has 0 aliphatic heterocycles. The molecule has 0 aromatic heterocycles. The molecule has 0 spiro atoms. The predicted octanol–water partition coefficient (Wildman–Crippen LogP) is 1.86. The number of hydrogen-bond acceptors (Lipinski definition) is 2. The SMILES string of the molecule is O=C(O)CCC(O)c1c(F)cccc1F. The molecule has 1 aromatic rings. The van der Waals surface area contributed by atoms with Crippen molar-refractivity contribution in [1.29, 1.82) is 0 Å². The predicted molar refractivity (Wildman–Crippen MR) is 48.2 cm³/mol. The first-order chi connectivity index (χ1) is 7.02. The van der Waals surface area contributed by atoms with Crippen LogP contribution < -0.4 is 0 Å². The number of hydrogen-bond donors (Lipinski definition) is 2. The second-order valence-corrected chi connectivity index (χ2v) is 3.08. The Bertz CT molecular complexity index is 345. The number of carbonyl (C=O) groups is 1. The molecule has 0 aliphatic carbocycles. The maximum absolute atomic E-state index is 13.1. The van der Waals surface area contributed by atoms with Gasteiger partial charge in [0.05, 0.1) is 11.7 Å². The quantitative estimate of drug-likeness (QED) is 0.807. The molecular weight excluding hydrogens is 206 g/mol. The molecule has 5 heteroatoms. The third kappa shape index (κ3) is 2.99. The number of aliphatic hydroxyl groups excluding tert-OH is 1. The topological polar surface area (TPSA) is 57.5 Å². The summed E-state index contributed by atoms with van der Waals surface area (Å²) in [5.41, 5.74) is -0.473. The Kier molecular flexibility index (Phi) is 3.74. The van der Waals surface area contributed by atoms with Gasteiger partial charge in [0.2, 0.25) is 0 Å². The van der Waals surface area contributed by atoms with E-state index in [1.807, 2.05) is 0 Å². The van der Waals surface area contributed by atoms with E-state index >= 15 is 0 Å². The second kappa shape index (κ2) is 4.84. The van der Waals surface area contributed by atoms with Crippen LogP contribution in [-0.2, 0) is 4.79 Å². The summed E-state index contributed by atoms with van der Waals surface area (Å²) >= 11 is 0. The fraction of sp³-hybridized carbons (Fsp3) is 0.300. The first-order valence-corrected chi connectivity index (χ1v) is 4.36. The number of rotatable bonds is 4. The van der Waals surface area contributed by atoms with E-state index < -0.39 is 29.3 Å². The van der Waals surface area contributed by atoms with Crippen LogP contribution in [0.5, 0.6) is 0 Å². The summed E-state index contributed by atoms with van der Waals surface area (Å²) < 4.78 is 26.2. The number of benzene rings is 1. The van der Waals surface area contributed by atoms with E-state index in [2.05, 4.69) is 0 Å². The number of carboxylic acids is 1. The molecule has 0 saturated heterocycles. The average molecular weight is 216 g/mol. The normalized spacial score (nSPS) is 12.5. The maximum Gasteiger partial charge on any atom is 0.303 e. The lowest BCUT2D eigenvalue weighted by molar-refractivity contribution is -0.137. The molecule has 0 amide bonds. The van der Waals surface area contributed by atoms with Crippen LogP contribution in [0.2, 0.25) is 0 Å². The Morgan fingerprint density at radius 1 is 1.33 bits per heavy atom. The van der Waals surface area contributed by atoms with Crippen molar-refractivity contribution in [1.82, 2.24) is 0 Å². The molecule has 2 N–H and O–H groups in total. The molecule has 0 saturated carbocycles. The maximum atomic E-state index is 13.1. The molecule has 82 valence electrons. The summed E-state index contributed by atoms with van der Waals surface area (Å²) in [7, 11) is 0. The molecule has 0 radical (unpaired) electrons. The van der Waals surface area contributed by atoms with Crippen LogP contribution in [-0.4, -0.2) is 16.2 Å². The lowest BCUT2D eigenvalue weighted by Crippen LogP contribution is -2.06. The van der Waals surface area contributed by atoms with Crippen molar-refractivity contribution < 1.29 is 23.8 Å². The van der Waals surface area contributed by atoms with Crippen molar-refractivity contribution in [2.45, 2.75) is 18.9 Å².